The van der Waals surface area contributed by atoms with Crippen LogP contribution in [0.3, 0.4) is 0 Å². The van der Waals surface area contributed by atoms with Gasteiger partial charge in [0.25, 0.3) is 0 Å². The maximum atomic E-state index is 5.57. The van der Waals surface area contributed by atoms with Gasteiger partial charge in [-0.15, -0.1) is 0 Å². The van der Waals surface area contributed by atoms with Gasteiger partial charge in [-0.3, -0.25) is 0 Å². The van der Waals surface area contributed by atoms with E-state index in [0.29, 0.717) is 0 Å². The quantitative estimate of drug-likeness (QED) is 0.634. The van der Waals surface area contributed by atoms with E-state index in [1.165, 1.54) is 12.8 Å². The Morgan fingerprint density at radius 2 is 2.42 bits per heavy atom. The fourth-order valence-corrected chi connectivity index (χ4v) is 1.47. The standard InChI is InChI=1S/C9H12N2O/c1-2-6-12-9(3-1)8-4-5-10-7-11-8/h4-5,7,9H,1-3,6H2/t9-/m0/s1. The molecule has 1 aromatic heterocycles. The van der Waals surface area contributed by atoms with E-state index in [2.05, 4.69) is 9.97 Å². The van der Waals surface area contributed by atoms with E-state index in [1.54, 1.807) is 12.5 Å². The lowest BCUT2D eigenvalue weighted by Gasteiger charge is -2.21. The van der Waals surface area contributed by atoms with Gasteiger partial charge in [-0.1, -0.05) is 0 Å². The molecule has 0 aliphatic carbocycles. The molecule has 64 valence electrons. The van der Waals surface area contributed by atoms with Gasteiger partial charge < -0.3 is 4.74 Å². The first kappa shape index (κ1) is 7.68. The molecule has 0 saturated carbocycles. The third-order valence-electron chi connectivity index (χ3n) is 2.11. The minimum atomic E-state index is 0.210. The Morgan fingerprint density at radius 1 is 1.42 bits per heavy atom. The Hall–Kier alpha value is -0.960. The highest BCUT2D eigenvalue weighted by Crippen LogP contribution is 2.25. The zero-order valence-corrected chi connectivity index (χ0v) is 6.94. The van der Waals surface area contributed by atoms with Crippen LogP contribution in [0.2, 0.25) is 0 Å². The zero-order chi connectivity index (χ0) is 8.23. The number of hydrogen-bond acceptors (Lipinski definition) is 3. The van der Waals surface area contributed by atoms with Crippen LogP contribution in [0.15, 0.2) is 18.6 Å². The van der Waals surface area contributed by atoms with Crippen LogP contribution in [-0.2, 0) is 4.74 Å². The molecule has 0 aromatic carbocycles. The lowest BCUT2D eigenvalue weighted by molar-refractivity contribution is 0.0122. The molecule has 1 aromatic rings. The number of rotatable bonds is 1. The van der Waals surface area contributed by atoms with Crippen LogP contribution in [0.4, 0.5) is 0 Å². The topological polar surface area (TPSA) is 35.0 Å². The van der Waals surface area contributed by atoms with Crippen molar-refractivity contribution < 1.29 is 4.74 Å². The fourth-order valence-electron chi connectivity index (χ4n) is 1.47. The summed E-state index contributed by atoms with van der Waals surface area (Å²) in [6.07, 6.45) is 7.07. The molecule has 2 rings (SSSR count). The Bertz CT molecular complexity index is 232. The van der Waals surface area contributed by atoms with Gasteiger partial charge in [-0.2, -0.15) is 0 Å². The Labute approximate surface area is 71.8 Å². The number of ether oxygens (including phenoxy) is 1. The maximum absolute atomic E-state index is 5.57. The third-order valence-corrected chi connectivity index (χ3v) is 2.11. The summed E-state index contributed by atoms with van der Waals surface area (Å²) in [7, 11) is 0. The minimum absolute atomic E-state index is 0.210. The van der Waals surface area contributed by atoms with E-state index in [4.69, 9.17) is 4.74 Å². The molecule has 0 N–H and O–H groups in total. The highest BCUT2D eigenvalue weighted by molar-refractivity contribution is 5.02. The smallest absolute Gasteiger partial charge is 0.115 e. The van der Waals surface area contributed by atoms with Gasteiger partial charge in [0.1, 0.15) is 6.33 Å². The molecule has 3 heteroatoms. The molecular weight excluding hydrogens is 152 g/mol. The molecule has 1 fully saturated rings. The summed E-state index contributed by atoms with van der Waals surface area (Å²) in [5, 5.41) is 0. The van der Waals surface area contributed by atoms with Crippen LogP contribution in [0, 0.1) is 0 Å². The first-order valence-corrected chi connectivity index (χ1v) is 4.34. The van der Waals surface area contributed by atoms with Crippen molar-refractivity contribution in [2.24, 2.45) is 0 Å². The van der Waals surface area contributed by atoms with Crippen LogP contribution < -0.4 is 0 Å². The van der Waals surface area contributed by atoms with Crippen molar-refractivity contribution in [2.75, 3.05) is 6.61 Å². The second-order valence-electron chi connectivity index (χ2n) is 2.99. The number of aromatic nitrogens is 2. The molecule has 0 unspecified atom stereocenters. The minimum Gasteiger partial charge on any atom is -0.372 e. The normalized spacial score (nSPS) is 23.8. The molecule has 0 radical (unpaired) electrons. The van der Waals surface area contributed by atoms with Crippen molar-refractivity contribution in [3.8, 4) is 0 Å². The van der Waals surface area contributed by atoms with Crippen molar-refractivity contribution in [1.82, 2.24) is 9.97 Å². The van der Waals surface area contributed by atoms with Gasteiger partial charge in [0.2, 0.25) is 0 Å². The molecule has 0 amide bonds. The van der Waals surface area contributed by atoms with Crippen LogP contribution in [-0.4, -0.2) is 16.6 Å². The van der Waals surface area contributed by atoms with Crippen LogP contribution in [0.1, 0.15) is 31.1 Å². The predicted molar refractivity (Wildman–Crippen MR) is 44.6 cm³/mol. The zero-order valence-electron chi connectivity index (χ0n) is 6.94. The largest absolute Gasteiger partial charge is 0.372 e. The predicted octanol–water partition coefficient (Wildman–Crippen LogP) is 1.72. The van der Waals surface area contributed by atoms with Gasteiger partial charge >= 0.3 is 0 Å². The van der Waals surface area contributed by atoms with E-state index < -0.39 is 0 Å². The highest BCUT2D eigenvalue weighted by Gasteiger charge is 2.16. The number of hydrogen-bond donors (Lipinski definition) is 0. The third kappa shape index (κ3) is 1.61. The monoisotopic (exact) mass is 164 g/mol. The Morgan fingerprint density at radius 3 is 3.08 bits per heavy atom. The average molecular weight is 164 g/mol. The van der Waals surface area contributed by atoms with Gasteiger partial charge in [-0.05, 0) is 25.3 Å². The van der Waals surface area contributed by atoms with Gasteiger partial charge in [0.05, 0.1) is 11.8 Å². The summed E-state index contributed by atoms with van der Waals surface area (Å²) in [5.41, 5.74) is 1.02. The van der Waals surface area contributed by atoms with Crippen molar-refractivity contribution in [3.63, 3.8) is 0 Å². The summed E-state index contributed by atoms with van der Waals surface area (Å²) < 4.78 is 5.57. The molecule has 1 aliphatic heterocycles. The van der Waals surface area contributed by atoms with E-state index in [9.17, 15) is 0 Å². The SMILES string of the molecule is c1cc([C@@H]2CCCCO2)ncn1. The van der Waals surface area contributed by atoms with Crippen molar-refractivity contribution >= 4 is 0 Å². The summed E-state index contributed by atoms with van der Waals surface area (Å²) in [6.45, 7) is 0.870. The van der Waals surface area contributed by atoms with E-state index in [0.717, 1.165) is 18.7 Å². The lowest BCUT2D eigenvalue weighted by atomic mass is 10.1. The fraction of sp³-hybridized carbons (Fsp3) is 0.556. The van der Waals surface area contributed by atoms with E-state index >= 15 is 0 Å². The maximum Gasteiger partial charge on any atom is 0.115 e. The molecule has 12 heavy (non-hydrogen) atoms. The van der Waals surface area contributed by atoms with Crippen LogP contribution >= 0.6 is 0 Å². The van der Waals surface area contributed by atoms with E-state index in [-0.39, 0.29) is 6.10 Å². The van der Waals surface area contributed by atoms with Crippen molar-refractivity contribution in [1.29, 1.82) is 0 Å². The summed E-state index contributed by atoms with van der Waals surface area (Å²) in [6, 6.07) is 1.93. The van der Waals surface area contributed by atoms with E-state index in [1.807, 2.05) is 6.07 Å². The number of nitrogens with zero attached hydrogens (tertiary/aromatic N) is 2. The summed E-state index contributed by atoms with van der Waals surface area (Å²) in [5.74, 6) is 0. The second-order valence-corrected chi connectivity index (χ2v) is 2.99. The second kappa shape index (κ2) is 3.63. The molecule has 2 heterocycles. The van der Waals surface area contributed by atoms with Gasteiger partial charge in [0, 0.05) is 12.8 Å². The molecule has 3 nitrogen and oxygen atoms in total. The average Bonchev–Trinajstić information content (AvgIpc) is 2.21. The first-order valence-electron chi connectivity index (χ1n) is 4.34. The molecule has 1 aliphatic rings. The Balaban J connectivity index is 2.08. The molecule has 0 spiro atoms. The summed E-state index contributed by atoms with van der Waals surface area (Å²) in [4.78, 5) is 8.04. The molecule has 0 bridgehead atoms. The van der Waals surface area contributed by atoms with Crippen LogP contribution in [0.5, 0.6) is 0 Å². The lowest BCUT2D eigenvalue weighted by Crippen LogP contribution is -2.12. The van der Waals surface area contributed by atoms with Crippen molar-refractivity contribution in [2.45, 2.75) is 25.4 Å². The highest BCUT2D eigenvalue weighted by atomic mass is 16.5. The van der Waals surface area contributed by atoms with Gasteiger partial charge in [-0.25, -0.2) is 9.97 Å². The van der Waals surface area contributed by atoms with Gasteiger partial charge in [0.15, 0.2) is 0 Å². The first-order chi connectivity index (χ1) is 5.97. The van der Waals surface area contributed by atoms with Crippen molar-refractivity contribution in [3.05, 3.63) is 24.3 Å². The molecule has 1 atom stereocenters. The molecule has 1 saturated heterocycles. The summed E-state index contributed by atoms with van der Waals surface area (Å²) >= 11 is 0. The molecular formula is C9H12N2O. The Kier molecular flexibility index (Phi) is 2.32. The van der Waals surface area contributed by atoms with Crippen LogP contribution in [0.25, 0.3) is 0 Å².